The number of benzene rings is 10. The zero-order valence-electron chi connectivity index (χ0n) is 37.0. The molecule has 4 nitrogen and oxygen atoms in total. The fourth-order valence-corrected chi connectivity index (χ4v) is 10.1. The van der Waals surface area contributed by atoms with Crippen LogP contribution in [0.2, 0.25) is 0 Å². The van der Waals surface area contributed by atoms with Crippen LogP contribution in [-0.4, -0.2) is 19.1 Å². The summed E-state index contributed by atoms with van der Waals surface area (Å²) in [5, 5.41) is 4.87. The Kier molecular flexibility index (Phi) is 9.47. The molecule has 0 atom stereocenters. The van der Waals surface area contributed by atoms with Crippen molar-refractivity contribution >= 4 is 43.6 Å². The number of nitrogens with zero attached hydrogens (tertiary/aromatic N) is 4. The van der Waals surface area contributed by atoms with Crippen LogP contribution in [0.25, 0.3) is 122 Å². The number of hydrogen-bond acceptors (Lipinski definition) is 2. The summed E-state index contributed by atoms with van der Waals surface area (Å²) in [6, 6.07) is 91.3. The molecule has 13 aromatic rings. The van der Waals surface area contributed by atoms with Crippen molar-refractivity contribution in [2.75, 3.05) is 0 Å². The Bertz CT molecular complexity index is 3790. The summed E-state index contributed by atoms with van der Waals surface area (Å²) in [5.41, 5.74) is 18.5. The van der Waals surface area contributed by atoms with Gasteiger partial charge in [-0.3, -0.25) is 0 Å². The fraction of sp³-hybridized carbons (Fsp3) is 0. The van der Waals surface area contributed by atoms with E-state index in [1.54, 1.807) is 0 Å². The zero-order valence-corrected chi connectivity index (χ0v) is 37.0. The van der Waals surface area contributed by atoms with Gasteiger partial charge in [-0.05, 0) is 94.5 Å². The molecule has 0 aliphatic rings. The minimum atomic E-state index is 0.687. The van der Waals surface area contributed by atoms with Crippen molar-refractivity contribution in [2.24, 2.45) is 0 Å². The van der Waals surface area contributed by atoms with Crippen LogP contribution in [0.4, 0.5) is 0 Å². The van der Waals surface area contributed by atoms with Crippen molar-refractivity contribution in [3.8, 4) is 78.7 Å². The molecule has 0 aliphatic heterocycles. The first-order chi connectivity index (χ1) is 33.7. The van der Waals surface area contributed by atoms with Crippen molar-refractivity contribution in [2.45, 2.75) is 0 Å². The predicted molar refractivity (Wildman–Crippen MR) is 283 cm³/mol. The molecule has 0 amide bonds. The molecule has 0 unspecified atom stereocenters. The maximum absolute atomic E-state index is 5.31. The van der Waals surface area contributed by atoms with Gasteiger partial charge in [-0.15, -0.1) is 0 Å². The van der Waals surface area contributed by atoms with E-state index in [-0.39, 0.29) is 0 Å². The third kappa shape index (κ3) is 6.78. The van der Waals surface area contributed by atoms with Crippen LogP contribution in [0.5, 0.6) is 0 Å². The molecule has 4 heteroatoms. The largest absolute Gasteiger partial charge is 0.309 e. The maximum atomic E-state index is 5.31. The molecular formula is C64H42N4. The highest BCUT2D eigenvalue weighted by molar-refractivity contribution is 6.12. The predicted octanol–water partition coefficient (Wildman–Crippen LogP) is 16.7. The van der Waals surface area contributed by atoms with Crippen molar-refractivity contribution in [1.29, 1.82) is 0 Å². The van der Waals surface area contributed by atoms with Gasteiger partial charge in [-0.1, -0.05) is 188 Å². The first-order valence-corrected chi connectivity index (χ1v) is 23.1. The second-order valence-electron chi connectivity index (χ2n) is 17.4. The van der Waals surface area contributed by atoms with Crippen LogP contribution in [-0.2, 0) is 0 Å². The first-order valence-electron chi connectivity index (χ1n) is 23.1. The Labute approximate surface area is 394 Å². The molecule has 68 heavy (non-hydrogen) atoms. The lowest BCUT2D eigenvalue weighted by atomic mass is 9.97. The molecule has 0 bridgehead atoms. The van der Waals surface area contributed by atoms with Crippen LogP contribution < -0.4 is 0 Å². The van der Waals surface area contributed by atoms with Crippen LogP contribution in [0, 0.1) is 0 Å². The highest BCUT2D eigenvalue weighted by Gasteiger charge is 2.21. The monoisotopic (exact) mass is 866 g/mol. The highest BCUT2D eigenvalue weighted by atomic mass is 15.0. The zero-order chi connectivity index (χ0) is 45.0. The van der Waals surface area contributed by atoms with Crippen molar-refractivity contribution < 1.29 is 0 Å². The Balaban J connectivity index is 1.08. The topological polar surface area (TPSA) is 35.6 Å². The molecule has 0 saturated carbocycles. The van der Waals surface area contributed by atoms with Gasteiger partial charge in [0.05, 0.1) is 39.1 Å². The average Bonchev–Trinajstić information content (AvgIpc) is 3.94. The van der Waals surface area contributed by atoms with Gasteiger partial charge in [0.25, 0.3) is 0 Å². The molecule has 318 valence electrons. The number of para-hydroxylation sites is 2. The molecule has 0 N–H and O–H groups in total. The summed E-state index contributed by atoms with van der Waals surface area (Å²) in [6.45, 7) is 0. The van der Waals surface area contributed by atoms with Gasteiger partial charge in [-0.2, -0.15) is 0 Å². The van der Waals surface area contributed by atoms with Crippen molar-refractivity contribution in [1.82, 2.24) is 19.1 Å². The van der Waals surface area contributed by atoms with Gasteiger partial charge in [0.15, 0.2) is 5.82 Å². The van der Waals surface area contributed by atoms with Gasteiger partial charge in [0.1, 0.15) is 0 Å². The highest BCUT2D eigenvalue weighted by Crippen LogP contribution is 2.42. The van der Waals surface area contributed by atoms with Crippen LogP contribution in [0.1, 0.15) is 0 Å². The molecule has 3 aromatic heterocycles. The summed E-state index contributed by atoms with van der Waals surface area (Å²) in [4.78, 5) is 10.4. The fourth-order valence-electron chi connectivity index (χ4n) is 10.1. The lowest BCUT2D eigenvalue weighted by molar-refractivity contribution is 1.16. The molecule has 10 aromatic carbocycles. The number of aromatic nitrogens is 4. The number of fused-ring (bicyclic) bond motifs is 6. The molecule has 0 saturated heterocycles. The summed E-state index contributed by atoms with van der Waals surface area (Å²) in [5.74, 6) is 0.687. The van der Waals surface area contributed by atoms with Crippen LogP contribution in [0.3, 0.4) is 0 Å². The minimum absolute atomic E-state index is 0.687. The van der Waals surface area contributed by atoms with Crippen molar-refractivity contribution in [3.63, 3.8) is 0 Å². The second kappa shape index (κ2) is 16.4. The smallest absolute Gasteiger partial charge is 0.160 e. The second-order valence-corrected chi connectivity index (χ2v) is 17.4. The van der Waals surface area contributed by atoms with E-state index < -0.39 is 0 Å². The normalized spacial score (nSPS) is 11.5. The molecule has 0 spiro atoms. The van der Waals surface area contributed by atoms with E-state index in [1.165, 1.54) is 54.8 Å². The quantitative estimate of drug-likeness (QED) is 0.153. The van der Waals surface area contributed by atoms with E-state index in [9.17, 15) is 0 Å². The van der Waals surface area contributed by atoms with Gasteiger partial charge in [-0.25, -0.2) is 9.97 Å². The van der Waals surface area contributed by atoms with E-state index >= 15 is 0 Å². The summed E-state index contributed by atoms with van der Waals surface area (Å²) >= 11 is 0. The maximum Gasteiger partial charge on any atom is 0.160 e. The summed E-state index contributed by atoms with van der Waals surface area (Å²) in [6.07, 6.45) is 0. The van der Waals surface area contributed by atoms with Gasteiger partial charge >= 0.3 is 0 Å². The van der Waals surface area contributed by atoms with Crippen LogP contribution in [0.15, 0.2) is 255 Å². The van der Waals surface area contributed by atoms with E-state index in [0.29, 0.717) is 5.82 Å². The lowest BCUT2D eigenvalue weighted by Gasteiger charge is -2.18. The van der Waals surface area contributed by atoms with Gasteiger partial charge < -0.3 is 9.13 Å². The average molecular weight is 867 g/mol. The molecule has 0 fully saturated rings. The number of hydrogen-bond donors (Lipinski definition) is 0. The van der Waals surface area contributed by atoms with E-state index in [2.05, 4.69) is 240 Å². The SMILES string of the molecule is c1ccc(-c2ccc3c(c2)c2cc(-c4ccccc4)ccc2n3-c2ccc(-c3cc(-c4ccccc4)nc(-c4ccccc4)n3)cc2-c2cccc(-n3c4ccccc4c4ccccc43)c2)cc1. The summed E-state index contributed by atoms with van der Waals surface area (Å²) < 4.78 is 4.86. The Hall–Kier alpha value is -9.12. The van der Waals surface area contributed by atoms with Gasteiger partial charge in [0, 0.05) is 49.5 Å². The Morgan fingerprint density at radius 1 is 0.250 bits per heavy atom. The first kappa shape index (κ1) is 39.3. The van der Waals surface area contributed by atoms with Crippen molar-refractivity contribution in [3.05, 3.63) is 255 Å². The van der Waals surface area contributed by atoms with Gasteiger partial charge in [0.2, 0.25) is 0 Å². The molecule has 13 rings (SSSR count). The molecule has 3 heterocycles. The number of rotatable bonds is 8. The molecular weight excluding hydrogens is 825 g/mol. The Morgan fingerprint density at radius 2 is 0.706 bits per heavy atom. The standard InChI is InChI=1S/C64H42N4/c1-5-18-43(19-6-1)47-32-35-62-55(39-47)56-40-48(44-20-7-2-8-21-44)33-36-63(56)68(62)61-37-34-50(58-42-57(45-22-9-3-10-23-45)65-64(66-58)46-24-11-4-12-25-46)41-54(61)49-26-17-27-51(38-49)67-59-30-15-13-28-52(59)53-29-14-16-31-60(53)67/h1-42H. The summed E-state index contributed by atoms with van der Waals surface area (Å²) in [7, 11) is 0. The molecule has 0 aliphatic carbocycles. The van der Waals surface area contributed by atoms with E-state index in [4.69, 9.17) is 9.97 Å². The lowest BCUT2D eigenvalue weighted by Crippen LogP contribution is -2.00. The third-order valence-corrected chi connectivity index (χ3v) is 13.3. The minimum Gasteiger partial charge on any atom is -0.309 e. The van der Waals surface area contributed by atoms with Crippen LogP contribution >= 0.6 is 0 Å². The third-order valence-electron chi connectivity index (χ3n) is 13.3. The molecule has 0 radical (unpaired) electrons. The van der Waals surface area contributed by atoms with E-state index in [0.717, 1.165) is 61.6 Å². The Morgan fingerprint density at radius 3 is 1.28 bits per heavy atom. The van der Waals surface area contributed by atoms with E-state index in [1.807, 2.05) is 24.3 Å².